The maximum Gasteiger partial charge on any atom is 0.350 e. The highest BCUT2D eigenvalue weighted by molar-refractivity contribution is 7.51. The van der Waals surface area contributed by atoms with E-state index in [1.54, 1.807) is 22.2 Å². The Labute approximate surface area is 147 Å². The van der Waals surface area contributed by atoms with Crippen molar-refractivity contribution in [2.24, 2.45) is 0 Å². The second-order valence-electron chi connectivity index (χ2n) is 5.39. The largest absolute Gasteiger partial charge is 0.396 e. The van der Waals surface area contributed by atoms with Gasteiger partial charge in [0.05, 0.1) is 19.0 Å². The van der Waals surface area contributed by atoms with Gasteiger partial charge in [-0.15, -0.1) is 0 Å². The number of fused-ring (bicyclic) bond motifs is 1. The predicted octanol–water partition coefficient (Wildman–Crippen LogP) is 1.63. The number of rotatable bonds is 8. The molecule has 0 aliphatic rings. The zero-order valence-corrected chi connectivity index (χ0v) is 14.8. The van der Waals surface area contributed by atoms with Crippen molar-refractivity contribution in [1.82, 2.24) is 19.5 Å². The number of thiophene rings is 1. The molecule has 11 heteroatoms. The van der Waals surface area contributed by atoms with Crippen LogP contribution in [0.25, 0.3) is 22.4 Å². The minimum atomic E-state index is -4.25. The van der Waals surface area contributed by atoms with Crippen molar-refractivity contribution in [2.75, 3.05) is 19.6 Å². The van der Waals surface area contributed by atoms with E-state index in [1.807, 2.05) is 16.8 Å². The molecular formula is C14H17N4O5PS. The Morgan fingerprint density at radius 3 is 2.84 bits per heavy atom. The molecule has 3 rings (SSSR count). The van der Waals surface area contributed by atoms with Crippen LogP contribution in [0.2, 0.25) is 0 Å². The number of ether oxygens (including phenoxy) is 1. The SMILES string of the molecule is O=P(O)(O)COCC(CCO)n1cnc2ncnc(-c3ccsc3)c21. The first-order valence-electron chi connectivity index (χ1n) is 7.43. The first-order valence-corrected chi connectivity index (χ1v) is 10.2. The van der Waals surface area contributed by atoms with Crippen LogP contribution in [0.15, 0.2) is 29.5 Å². The molecule has 0 saturated heterocycles. The Hall–Kier alpha value is -1.68. The van der Waals surface area contributed by atoms with Crippen molar-refractivity contribution >= 4 is 30.1 Å². The molecule has 0 aliphatic carbocycles. The predicted molar refractivity (Wildman–Crippen MR) is 92.2 cm³/mol. The van der Waals surface area contributed by atoms with Crippen molar-refractivity contribution in [1.29, 1.82) is 0 Å². The molecule has 3 heterocycles. The van der Waals surface area contributed by atoms with Gasteiger partial charge in [0.25, 0.3) is 0 Å². The number of aliphatic hydroxyl groups excluding tert-OH is 1. The maximum absolute atomic E-state index is 11.0. The maximum atomic E-state index is 11.0. The molecule has 9 nitrogen and oxygen atoms in total. The summed E-state index contributed by atoms with van der Waals surface area (Å²) in [4.78, 5) is 30.7. The van der Waals surface area contributed by atoms with Crippen molar-refractivity contribution in [3.05, 3.63) is 29.5 Å². The average molecular weight is 384 g/mol. The molecule has 1 atom stereocenters. The summed E-state index contributed by atoms with van der Waals surface area (Å²) in [5.41, 5.74) is 2.84. The Bertz CT molecular complexity index is 879. The summed E-state index contributed by atoms with van der Waals surface area (Å²) in [7, 11) is -4.25. The first kappa shape index (κ1) is 18.1. The van der Waals surface area contributed by atoms with Gasteiger partial charge in [0.15, 0.2) is 5.65 Å². The number of aliphatic hydroxyl groups is 1. The molecule has 0 radical (unpaired) electrons. The molecule has 1 unspecified atom stereocenters. The van der Waals surface area contributed by atoms with Crippen LogP contribution in [0.5, 0.6) is 0 Å². The van der Waals surface area contributed by atoms with Gasteiger partial charge in [-0.2, -0.15) is 11.3 Å². The third-order valence-corrected chi connectivity index (χ3v) is 4.79. The summed E-state index contributed by atoms with van der Waals surface area (Å²) in [5.74, 6) is 0. The van der Waals surface area contributed by atoms with Gasteiger partial charge in [0.1, 0.15) is 23.9 Å². The number of hydrogen-bond donors (Lipinski definition) is 3. The van der Waals surface area contributed by atoms with E-state index in [1.165, 1.54) is 6.33 Å². The zero-order valence-electron chi connectivity index (χ0n) is 13.1. The number of nitrogens with zero attached hydrogens (tertiary/aromatic N) is 4. The molecule has 0 fully saturated rings. The minimum Gasteiger partial charge on any atom is -0.396 e. The van der Waals surface area contributed by atoms with Crippen LogP contribution in [0.4, 0.5) is 0 Å². The van der Waals surface area contributed by atoms with Gasteiger partial charge in [-0.3, -0.25) is 4.57 Å². The van der Waals surface area contributed by atoms with Crippen LogP contribution >= 0.6 is 18.9 Å². The Kier molecular flexibility index (Phi) is 5.57. The summed E-state index contributed by atoms with van der Waals surface area (Å²) in [6.07, 6.45) is 2.69. The molecule has 0 amide bonds. The van der Waals surface area contributed by atoms with E-state index in [0.29, 0.717) is 23.3 Å². The topological polar surface area (TPSA) is 131 Å². The second kappa shape index (κ2) is 7.69. The lowest BCUT2D eigenvalue weighted by atomic mass is 10.2. The lowest BCUT2D eigenvalue weighted by Gasteiger charge is -2.19. The fraction of sp³-hybridized carbons (Fsp3) is 0.357. The lowest BCUT2D eigenvalue weighted by Crippen LogP contribution is -2.17. The third kappa shape index (κ3) is 4.30. The summed E-state index contributed by atoms with van der Waals surface area (Å²) < 4.78 is 17.9. The van der Waals surface area contributed by atoms with Crippen LogP contribution < -0.4 is 0 Å². The van der Waals surface area contributed by atoms with Gasteiger partial charge in [-0.1, -0.05) is 0 Å². The summed E-state index contributed by atoms with van der Waals surface area (Å²) in [6, 6.07) is 1.58. The molecule has 0 aliphatic heterocycles. The van der Waals surface area contributed by atoms with E-state index in [-0.39, 0.29) is 19.3 Å². The average Bonchev–Trinajstić information content (AvgIpc) is 3.22. The fourth-order valence-corrected chi connectivity index (χ4v) is 3.51. The minimum absolute atomic E-state index is 0.0229. The third-order valence-electron chi connectivity index (χ3n) is 3.59. The number of imidazole rings is 1. The van der Waals surface area contributed by atoms with Crippen molar-refractivity contribution < 1.29 is 24.2 Å². The van der Waals surface area contributed by atoms with Crippen molar-refractivity contribution in [3.8, 4) is 11.3 Å². The fourth-order valence-electron chi connectivity index (χ4n) is 2.52. The number of aromatic nitrogens is 4. The number of hydrogen-bond acceptors (Lipinski definition) is 7. The van der Waals surface area contributed by atoms with E-state index in [4.69, 9.17) is 14.5 Å². The molecular weight excluding hydrogens is 367 g/mol. The van der Waals surface area contributed by atoms with E-state index in [2.05, 4.69) is 15.0 Å². The summed E-state index contributed by atoms with van der Waals surface area (Å²) >= 11 is 1.55. The van der Waals surface area contributed by atoms with Gasteiger partial charge in [0, 0.05) is 17.6 Å². The highest BCUT2D eigenvalue weighted by Gasteiger charge is 2.21. The molecule has 0 bridgehead atoms. The molecule has 3 aromatic heterocycles. The van der Waals surface area contributed by atoms with Crippen LogP contribution in [-0.4, -0.2) is 54.0 Å². The van der Waals surface area contributed by atoms with E-state index >= 15 is 0 Å². The summed E-state index contributed by atoms with van der Waals surface area (Å²) in [6.45, 7) is -0.0831. The molecule has 0 spiro atoms. The van der Waals surface area contributed by atoms with Gasteiger partial charge in [-0.25, -0.2) is 15.0 Å². The lowest BCUT2D eigenvalue weighted by molar-refractivity contribution is 0.112. The standard InChI is InChI=1S/C14H17N4O5PS/c19-3-1-11(5-23-9-24(20,21)22)18-8-17-14-13(18)12(15-7-16-14)10-2-4-25-6-10/h2,4,6-8,11,19H,1,3,5,9H2,(H2,20,21,22). The van der Waals surface area contributed by atoms with Crippen LogP contribution in [0.1, 0.15) is 12.5 Å². The molecule has 0 saturated carbocycles. The first-order chi connectivity index (χ1) is 12.0. The van der Waals surface area contributed by atoms with Crippen LogP contribution in [0.3, 0.4) is 0 Å². The van der Waals surface area contributed by atoms with Gasteiger partial charge < -0.3 is 24.2 Å². The monoisotopic (exact) mass is 384 g/mol. The van der Waals surface area contributed by atoms with Gasteiger partial charge >= 0.3 is 7.60 Å². The zero-order chi connectivity index (χ0) is 17.9. The van der Waals surface area contributed by atoms with E-state index < -0.39 is 13.9 Å². The quantitative estimate of drug-likeness (QED) is 0.500. The molecule has 134 valence electrons. The smallest absolute Gasteiger partial charge is 0.350 e. The van der Waals surface area contributed by atoms with Crippen molar-refractivity contribution in [2.45, 2.75) is 12.5 Å². The van der Waals surface area contributed by atoms with Crippen LogP contribution in [-0.2, 0) is 9.30 Å². The Balaban J connectivity index is 1.96. The molecule has 3 N–H and O–H groups in total. The molecule has 25 heavy (non-hydrogen) atoms. The van der Waals surface area contributed by atoms with E-state index in [0.717, 1.165) is 5.56 Å². The highest BCUT2D eigenvalue weighted by Crippen LogP contribution is 2.35. The molecule has 3 aromatic rings. The Morgan fingerprint density at radius 2 is 2.16 bits per heavy atom. The normalized spacial score (nSPS) is 13.4. The van der Waals surface area contributed by atoms with Gasteiger partial charge in [0.2, 0.25) is 0 Å². The summed E-state index contributed by atoms with van der Waals surface area (Å²) in [5, 5.41) is 13.3. The van der Waals surface area contributed by atoms with E-state index in [9.17, 15) is 9.67 Å². The highest BCUT2D eigenvalue weighted by atomic mass is 32.1. The Morgan fingerprint density at radius 1 is 1.32 bits per heavy atom. The van der Waals surface area contributed by atoms with Gasteiger partial charge in [-0.05, 0) is 17.9 Å². The second-order valence-corrected chi connectivity index (χ2v) is 7.76. The van der Waals surface area contributed by atoms with Crippen LogP contribution in [0, 0.1) is 0 Å². The molecule has 0 aromatic carbocycles. The van der Waals surface area contributed by atoms with Crippen molar-refractivity contribution in [3.63, 3.8) is 0 Å².